The van der Waals surface area contributed by atoms with Crippen molar-refractivity contribution in [2.75, 3.05) is 11.9 Å². The number of ether oxygens (including phenoxy) is 1. The Morgan fingerprint density at radius 3 is 3.04 bits per heavy atom. The number of carbonyl (C=O) groups excluding carboxylic acids is 1. The largest absolute Gasteiger partial charge is 0.375 e. The van der Waals surface area contributed by atoms with Crippen LogP contribution in [0.3, 0.4) is 0 Å². The van der Waals surface area contributed by atoms with Gasteiger partial charge >= 0.3 is 0 Å². The average molecular weight is 350 g/mol. The summed E-state index contributed by atoms with van der Waals surface area (Å²) in [5, 5.41) is 20.9. The molecule has 0 spiro atoms. The van der Waals surface area contributed by atoms with Crippen molar-refractivity contribution >= 4 is 23.3 Å². The van der Waals surface area contributed by atoms with Crippen molar-refractivity contribution in [1.82, 2.24) is 10.2 Å². The summed E-state index contributed by atoms with van der Waals surface area (Å²) in [6.45, 7) is 2.47. The lowest BCUT2D eigenvalue weighted by molar-refractivity contribution is -0.135. The van der Waals surface area contributed by atoms with E-state index in [4.69, 9.17) is 16.3 Å². The molecule has 0 aliphatic carbocycles. The van der Waals surface area contributed by atoms with E-state index in [9.17, 15) is 9.90 Å². The molecule has 1 aliphatic heterocycles. The highest BCUT2D eigenvalue weighted by Gasteiger charge is 2.36. The molecule has 1 aromatic heterocycles. The molecule has 24 heavy (non-hydrogen) atoms. The molecule has 3 N–H and O–H groups in total. The molecule has 1 amide bonds. The SMILES string of the molecule is CC[C@@](O)(C(=O)Nc1cc([C@H]2CCCO2)[nH]n1)c1cccc(Cl)c1. The van der Waals surface area contributed by atoms with E-state index in [0.717, 1.165) is 25.1 Å². The van der Waals surface area contributed by atoms with Gasteiger partial charge in [0.1, 0.15) is 0 Å². The van der Waals surface area contributed by atoms with Crippen LogP contribution in [-0.4, -0.2) is 27.8 Å². The Bertz CT molecular complexity index is 727. The molecule has 1 fully saturated rings. The maximum Gasteiger partial charge on any atom is 0.262 e. The third-order valence-corrected chi connectivity index (χ3v) is 4.54. The van der Waals surface area contributed by atoms with Crippen molar-refractivity contribution in [3.05, 3.63) is 46.6 Å². The summed E-state index contributed by atoms with van der Waals surface area (Å²) in [4.78, 5) is 12.6. The Morgan fingerprint density at radius 1 is 1.54 bits per heavy atom. The predicted molar refractivity (Wildman–Crippen MR) is 90.8 cm³/mol. The van der Waals surface area contributed by atoms with Gasteiger partial charge in [0.2, 0.25) is 0 Å². The molecule has 0 saturated carbocycles. The lowest BCUT2D eigenvalue weighted by atomic mass is 9.90. The van der Waals surface area contributed by atoms with E-state index in [1.807, 2.05) is 0 Å². The topological polar surface area (TPSA) is 87.2 Å². The lowest BCUT2D eigenvalue weighted by Crippen LogP contribution is -2.39. The van der Waals surface area contributed by atoms with Crippen molar-refractivity contribution in [3.8, 4) is 0 Å². The van der Waals surface area contributed by atoms with E-state index in [1.165, 1.54) is 0 Å². The van der Waals surface area contributed by atoms with Crippen LogP contribution in [0, 0.1) is 0 Å². The van der Waals surface area contributed by atoms with Gasteiger partial charge < -0.3 is 15.2 Å². The summed E-state index contributed by atoms with van der Waals surface area (Å²) in [6, 6.07) is 8.41. The second-order valence-corrected chi connectivity index (χ2v) is 6.32. The fourth-order valence-electron chi connectivity index (χ4n) is 2.85. The molecule has 7 heteroatoms. The molecule has 3 rings (SSSR count). The van der Waals surface area contributed by atoms with E-state index in [0.29, 0.717) is 16.4 Å². The first-order valence-corrected chi connectivity index (χ1v) is 8.37. The third-order valence-electron chi connectivity index (χ3n) is 4.31. The molecule has 1 aliphatic rings. The number of aromatic nitrogens is 2. The van der Waals surface area contributed by atoms with E-state index < -0.39 is 11.5 Å². The number of H-pyrrole nitrogens is 1. The first-order valence-electron chi connectivity index (χ1n) is 7.99. The molecule has 1 saturated heterocycles. The summed E-state index contributed by atoms with van der Waals surface area (Å²) in [7, 11) is 0. The molecule has 0 bridgehead atoms. The zero-order chi connectivity index (χ0) is 17.2. The molecule has 2 atom stereocenters. The van der Waals surface area contributed by atoms with Gasteiger partial charge in [0.25, 0.3) is 5.91 Å². The lowest BCUT2D eigenvalue weighted by Gasteiger charge is -2.25. The van der Waals surface area contributed by atoms with Gasteiger partial charge in [0.05, 0.1) is 11.8 Å². The van der Waals surface area contributed by atoms with Crippen LogP contribution in [0.5, 0.6) is 0 Å². The highest BCUT2D eigenvalue weighted by Crippen LogP contribution is 2.30. The van der Waals surface area contributed by atoms with Crippen molar-refractivity contribution < 1.29 is 14.6 Å². The quantitative estimate of drug-likeness (QED) is 0.773. The van der Waals surface area contributed by atoms with E-state index in [1.54, 1.807) is 37.3 Å². The van der Waals surface area contributed by atoms with Crippen molar-refractivity contribution in [1.29, 1.82) is 0 Å². The molecule has 0 unspecified atom stereocenters. The summed E-state index contributed by atoms with van der Waals surface area (Å²) in [5.74, 6) is -0.183. The Kier molecular flexibility index (Phi) is 4.89. The van der Waals surface area contributed by atoms with Crippen LogP contribution >= 0.6 is 11.6 Å². The second kappa shape index (κ2) is 6.93. The Hall–Kier alpha value is -1.89. The number of carbonyl (C=O) groups is 1. The number of aromatic amines is 1. The fraction of sp³-hybridized carbons (Fsp3) is 0.412. The van der Waals surface area contributed by atoms with E-state index in [-0.39, 0.29) is 12.5 Å². The molecule has 6 nitrogen and oxygen atoms in total. The van der Waals surface area contributed by atoms with Gasteiger partial charge in [-0.05, 0) is 37.0 Å². The van der Waals surface area contributed by atoms with Crippen molar-refractivity contribution in [2.45, 2.75) is 37.9 Å². The van der Waals surface area contributed by atoms with E-state index in [2.05, 4.69) is 15.5 Å². The zero-order valence-electron chi connectivity index (χ0n) is 13.4. The standard InChI is InChI=1S/C17H20ClN3O3/c1-2-17(23,11-5-3-6-12(18)9-11)16(22)19-15-10-13(20-21-15)14-7-4-8-24-14/h3,5-6,9-10,14,23H,2,4,7-8H2,1H3,(H2,19,20,21,22)/t14-,17+/m1/s1. The number of hydrogen-bond donors (Lipinski definition) is 3. The van der Waals surface area contributed by atoms with Gasteiger partial charge in [-0.2, -0.15) is 5.10 Å². The first-order chi connectivity index (χ1) is 11.5. The predicted octanol–water partition coefficient (Wildman–Crippen LogP) is 3.15. The van der Waals surface area contributed by atoms with Gasteiger partial charge in [0, 0.05) is 17.7 Å². The molecule has 128 valence electrons. The maximum atomic E-state index is 12.6. The third kappa shape index (κ3) is 3.31. The molecule has 1 aromatic carbocycles. The number of rotatable bonds is 5. The van der Waals surface area contributed by atoms with Gasteiger partial charge in [0.15, 0.2) is 11.4 Å². The molecular weight excluding hydrogens is 330 g/mol. The number of anilines is 1. The van der Waals surface area contributed by atoms with Gasteiger partial charge in [-0.1, -0.05) is 30.7 Å². The van der Waals surface area contributed by atoms with Crippen molar-refractivity contribution in [3.63, 3.8) is 0 Å². The molecular formula is C17H20ClN3O3. The average Bonchev–Trinajstić information content (AvgIpc) is 3.25. The summed E-state index contributed by atoms with van der Waals surface area (Å²) in [6.07, 6.45) is 2.13. The second-order valence-electron chi connectivity index (χ2n) is 5.89. The van der Waals surface area contributed by atoms with Crippen LogP contribution in [0.2, 0.25) is 5.02 Å². The number of amides is 1. The maximum absolute atomic E-state index is 12.6. The zero-order valence-corrected chi connectivity index (χ0v) is 14.1. The number of aliphatic hydroxyl groups is 1. The van der Waals surface area contributed by atoms with Crippen LogP contribution < -0.4 is 5.32 Å². The minimum Gasteiger partial charge on any atom is -0.375 e. The highest BCUT2D eigenvalue weighted by molar-refractivity contribution is 6.30. The molecule has 0 radical (unpaired) electrons. The number of nitrogens with zero attached hydrogens (tertiary/aromatic N) is 1. The Balaban J connectivity index is 1.77. The van der Waals surface area contributed by atoms with Gasteiger partial charge in [-0.25, -0.2) is 0 Å². The van der Waals surface area contributed by atoms with Crippen LogP contribution in [0.15, 0.2) is 30.3 Å². The number of halogens is 1. The van der Waals surface area contributed by atoms with Crippen LogP contribution in [-0.2, 0) is 15.1 Å². The summed E-state index contributed by atoms with van der Waals surface area (Å²) >= 11 is 5.97. The van der Waals surface area contributed by atoms with Crippen LogP contribution in [0.4, 0.5) is 5.82 Å². The number of nitrogens with one attached hydrogen (secondary N) is 2. The minimum atomic E-state index is -1.67. The van der Waals surface area contributed by atoms with Gasteiger partial charge in [-0.15, -0.1) is 0 Å². The van der Waals surface area contributed by atoms with Crippen LogP contribution in [0.25, 0.3) is 0 Å². The van der Waals surface area contributed by atoms with Crippen LogP contribution in [0.1, 0.15) is 43.5 Å². The number of hydrogen-bond acceptors (Lipinski definition) is 4. The normalized spacial score (nSPS) is 19.9. The smallest absolute Gasteiger partial charge is 0.262 e. The first kappa shape index (κ1) is 17.0. The Labute approximate surface area is 145 Å². The number of benzene rings is 1. The van der Waals surface area contributed by atoms with Crippen molar-refractivity contribution in [2.24, 2.45) is 0 Å². The van der Waals surface area contributed by atoms with Gasteiger partial charge in [-0.3, -0.25) is 9.89 Å². The summed E-state index contributed by atoms with van der Waals surface area (Å²) in [5.41, 5.74) is -0.399. The Morgan fingerprint density at radius 2 is 2.38 bits per heavy atom. The minimum absolute atomic E-state index is 0.0128. The summed E-state index contributed by atoms with van der Waals surface area (Å²) < 4.78 is 5.58. The molecule has 2 heterocycles. The highest BCUT2D eigenvalue weighted by atomic mass is 35.5. The molecule has 2 aromatic rings. The van der Waals surface area contributed by atoms with E-state index >= 15 is 0 Å². The monoisotopic (exact) mass is 349 g/mol. The fourth-order valence-corrected chi connectivity index (χ4v) is 3.04.